The highest BCUT2D eigenvalue weighted by atomic mass is 16.6. The Kier molecular flexibility index (Phi) is 3.67. The molecule has 0 aromatic heterocycles. The van der Waals surface area contributed by atoms with E-state index in [1.807, 2.05) is 0 Å². The SMILES string of the molecule is COC(=O)C1(c2c(C)cc([N+](=O)[O-])cc2C)CCNC1=O. The first-order valence-electron chi connectivity index (χ1n) is 6.47. The monoisotopic (exact) mass is 292 g/mol. The quantitative estimate of drug-likeness (QED) is 0.390. The number of benzene rings is 1. The molecule has 1 N–H and O–H groups in total. The van der Waals surface area contributed by atoms with E-state index in [1.165, 1.54) is 19.2 Å². The fourth-order valence-corrected chi connectivity index (χ4v) is 3.06. The second-order valence-corrected chi connectivity index (χ2v) is 5.11. The Morgan fingerprint density at radius 1 is 1.38 bits per heavy atom. The van der Waals surface area contributed by atoms with Crippen LogP contribution in [0.3, 0.4) is 0 Å². The van der Waals surface area contributed by atoms with E-state index >= 15 is 0 Å². The molecule has 7 nitrogen and oxygen atoms in total. The van der Waals surface area contributed by atoms with Gasteiger partial charge in [0, 0.05) is 18.7 Å². The van der Waals surface area contributed by atoms with Crippen molar-refractivity contribution in [3.63, 3.8) is 0 Å². The van der Waals surface area contributed by atoms with E-state index in [9.17, 15) is 19.7 Å². The Morgan fingerprint density at radius 2 is 1.95 bits per heavy atom. The number of nitrogens with one attached hydrogen (secondary N) is 1. The zero-order valence-corrected chi connectivity index (χ0v) is 12.1. The zero-order valence-electron chi connectivity index (χ0n) is 12.1. The highest BCUT2D eigenvalue weighted by Crippen LogP contribution is 2.38. The molecule has 1 amide bonds. The van der Waals surface area contributed by atoms with Crippen LogP contribution in [-0.4, -0.2) is 30.5 Å². The van der Waals surface area contributed by atoms with E-state index in [0.717, 1.165) is 0 Å². The number of ether oxygens (including phenoxy) is 1. The van der Waals surface area contributed by atoms with Gasteiger partial charge in [-0.2, -0.15) is 0 Å². The van der Waals surface area contributed by atoms with E-state index in [-0.39, 0.29) is 12.1 Å². The summed E-state index contributed by atoms with van der Waals surface area (Å²) < 4.78 is 4.82. The number of carbonyl (C=O) groups excluding carboxylic acids is 2. The molecule has 1 aromatic rings. The third kappa shape index (κ3) is 2.14. The minimum atomic E-state index is -1.42. The van der Waals surface area contributed by atoms with Crippen molar-refractivity contribution in [1.82, 2.24) is 5.32 Å². The van der Waals surface area contributed by atoms with Crippen molar-refractivity contribution < 1.29 is 19.2 Å². The van der Waals surface area contributed by atoms with Gasteiger partial charge in [0.2, 0.25) is 5.91 Å². The second-order valence-electron chi connectivity index (χ2n) is 5.11. The Labute approximate surface area is 121 Å². The molecule has 1 atom stereocenters. The number of nitrogens with zero attached hydrogens (tertiary/aromatic N) is 1. The Morgan fingerprint density at radius 3 is 2.33 bits per heavy atom. The molecule has 1 unspecified atom stereocenters. The topological polar surface area (TPSA) is 98.5 Å². The van der Waals surface area contributed by atoms with E-state index in [2.05, 4.69) is 5.32 Å². The molecule has 0 radical (unpaired) electrons. The number of nitro benzene ring substituents is 1. The molecule has 1 heterocycles. The summed E-state index contributed by atoms with van der Waals surface area (Å²) in [7, 11) is 1.23. The smallest absolute Gasteiger partial charge is 0.326 e. The van der Waals surface area contributed by atoms with Gasteiger partial charge in [0.15, 0.2) is 5.41 Å². The average Bonchev–Trinajstić information content (AvgIpc) is 2.79. The lowest BCUT2D eigenvalue weighted by Gasteiger charge is -2.27. The molecular formula is C14H16N2O5. The maximum Gasteiger partial charge on any atom is 0.326 e. The first-order chi connectivity index (χ1) is 9.84. The highest BCUT2D eigenvalue weighted by Gasteiger charge is 2.53. The van der Waals surface area contributed by atoms with Gasteiger partial charge in [-0.05, 0) is 37.0 Å². The fraction of sp³-hybridized carbons (Fsp3) is 0.429. The molecule has 1 aliphatic rings. The highest BCUT2D eigenvalue weighted by molar-refractivity contribution is 6.10. The summed E-state index contributed by atoms with van der Waals surface area (Å²) >= 11 is 0. The first kappa shape index (κ1) is 15.0. The summed E-state index contributed by atoms with van der Waals surface area (Å²) in [5.74, 6) is -1.06. The van der Waals surface area contributed by atoms with Crippen LogP contribution in [0.15, 0.2) is 12.1 Å². The molecule has 0 spiro atoms. The molecule has 1 aliphatic heterocycles. The largest absolute Gasteiger partial charge is 0.468 e. The summed E-state index contributed by atoms with van der Waals surface area (Å²) in [4.78, 5) is 34.9. The number of carbonyl (C=O) groups is 2. The Hall–Kier alpha value is -2.44. The molecule has 112 valence electrons. The van der Waals surface area contributed by atoms with Crippen LogP contribution >= 0.6 is 0 Å². The number of methoxy groups -OCH3 is 1. The molecule has 0 aliphatic carbocycles. The van der Waals surface area contributed by atoms with E-state index in [0.29, 0.717) is 23.2 Å². The van der Waals surface area contributed by atoms with Crippen molar-refractivity contribution in [3.05, 3.63) is 38.9 Å². The van der Waals surface area contributed by atoms with Gasteiger partial charge in [-0.15, -0.1) is 0 Å². The van der Waals surface area contributed by atoms with Crippen molar-refractivity contribution in [3.8, 4) is 0 Å². The van der Waals surface area contributed by atoms with Gasteiger partial charge < -0.3 is 10.1 Å². The van der Waals surface area contributed by atoms with Crippen LogP contribution in [0.25, 0.3) is 0 Å². The van der Waals surface area contributed by atoms with Gasteiger partial charge >= 0.3 is 5.97 Å². The van der Waals surface area contributed by atoms with E-state index < -0.39 is 22.2 Å². The summed E-state index contributed by atoms with van der Waals surface area (Å²) in [5, 5.41) is 13.5. The number of rotatable bonds is 3. The van der Waals surface area contributed by atoms with Crippen molar-refractivity contribution >= 4 is 17.6 Å². The summed E-state index contributed by atoms with van der Waals surface area (Å²) in [5.41, 5.74) is 0.0772. The molecule has 0 bridgehead atoms. The fourth-order valence-electron chi connectivity index (χ4n) is 3.06. The van der Waals surface area contributed by atoms with Gasteiger partial charge in [0.25, 0.3) is 5.69 Å². The normalized spacial score (nSPS) is 21.0. The zero-order chi connectivity index (χ0) is 15.8. The molecular weight excluding hydrogens is 276 g/mol. The molecule has 7 heteroatoms. The van der Waals surface area contributed by atoms with Crippen LogP contribution in [0.2, 0.25) is 0 Å². The van der Waals surface area contributed by atoms with Crippen LogP contribution in [0.4, 0.5) is 5.69 Å². The maximum absolute atomic E-state index is 12.3. The first-order valence-corrected chi connectivity index (χ1v) is 6.47. The molecule has 0 saturated carbocycles. The number of aryl methyl sites for hydroxylation is 2. The van der Waals surface area contributed by atoms with Gasteiger partial charge in [0.1, 0.15) is 0 Å². The van der Waals surface area contributed by atoms with E-state index in [4.69, 9.17) is 4.74 Å². The molecule has 2 rings (SSSR count). The lowest BCUT2D eigenvalue weighted by Crippen LogP contribution is -2.44. The van der Waals surface area contributed by atoms with Crippen LogP contribution in [0.1, 0.15) is 23.1 Å². The van der Waals surface area contributed by atoms with Crippen LogP contribution in [0.5, 0.6) is 0 Å². The van der Waals surface area contributed by atoms with Crippen LogP contribution in [-0.2, 0) is 19.7 Å². The molecule has 1 fully saturated rings. The molecule has 1 aromatic carbocycles. The van der Waals surface area contributed by atoms with Crippen molar-refractivity contribution in [2.24, 2.45) is 0 Å². The van der Waals surface area contributed by atoms with Gasteiger partial charge in [-0.25, -0.2) is 0 Å². The summed E-state index contributed by atoms with van der Waals surface area (Å²) in [6.45, 7) is 3.68. The Balaban J connectivity index is 2.70. The molecule has 1 saturated heterocycles. The average molecular weight is 292 g/mol. The summed E-state index contributed by atoms with van der Waals surface area (Å²) in [6, 6.07) is 2.75. The molecule has 21 heavy (non-hydrogen) atoms. The third-order valence-corrected chi connectivity index (χ3v) is 3.86. The minimum Gasteiger partial charge on any atom is -0.468 e. The number of nitro groups is 1. The van der Waals surface area contributed by atoms with E-state index in [1.54, 1.807) is 13.8 Å². The van der Waals surface area contributed by atoms with Gasteiger partial charge in [-0.1, -0.05) is 0 Å². The number of non-ortho nitro benzene ring substituents is 1. The predicted octanol–water partition coefficient (Wildman–Crippen LogP) is 1.14. The van der Waals surface area contributed by atoms with Crippen LogP contribution < -0.4 is 5.32 Å². The lowest BCUT2D eigenvalue weighted by molar-refractivity contribution is -0.385. The Bertz CT molecular complexity index is 617. The summed E-state index contributed by atoms with van der Waals surface area (Å²) in [6.07, 6.45) is 0.276. The third-order valence-electron chi connectivity index (χ3n) is 3.86. The minimum absolute atomic E-state index is 0.0628. The van der Waals surface area contributed by atoms with Crippen molar-refractivity contribution in [2.75, 3.05) is 13.7 Å². The predicted molar refractivity (Wildman–Crippen MR) is 73.9 cm³/mol. The standard InChI is InChI=1S/C14H16N2O5/c1-8-6-10(16(19)20)7-9(2)11(8)14(13(18)21-3)4-5-15-12(14)17/h6-7H,4-5H2,1-3H3,(H,15,17). The van der Waals surface area contributed by atoms with Crippen molar-refractivity contribution in [1.29, 1.82) is 0 Å². The van der Waals surface area contributed by atoms with Crippen molar-refractivity contribution in [2.45, 2.75) is 25.7 Å². The van der Waals surface area contributed by atoms with Crippen LogP contribution in [0, 0.1) is 24.0 Å². The number of esters is 1. The number of hydrogen-bond acceptors (Lipinski definition) is 5. The maximum atomic E-state index is 12.3. The lowest BCUT2D eigenvalue weighted by atomic mass is 9.74. The second kappa shape index (κ2) is 5.16. The number of amides is 1. The van der Waals surface area contributed by atoms with Gasteiger partial charge in [0.05, 0.1) is 12.0 Å². The van der Waals surface area contributed by atoms with Gasteiger partial charge in [-0.3, -0.25) is 19.7 Å². The number of hydrogen-bond donors (Lipinski definition) is 1.